The van der Waals surface area contributed by atoms with Gasteiger partial charge in [0.2, 0.25) is 11.8 Å². The van der Waals surface area contributed by atoms with Crippen molar-refractivity contribution in [2.75, 3.05) is 24.6 Å². The highest BCUT2D eigenvalue weighted by Gasteiger charge is 2.35. The van der Waals surface area contributed by atoms with Crippen LogP contribution in [-0.2, 0) is 16.0 Å². The fourth-order valence-electron chi connectivity index (χ4n) is 4.39. The zero-order chi connectivity index (χ0) is 24.3. The number of rotatable bonds is 10. The van der Waals surface area contributed by atoms with Crippen LogP contribution in [0.25, 0.3) is 10.9 Å². The highest BCUT2D eigenvalue weighted by Crippen LogP contribution is 2.33. The van der Waals surface area contributed by atoms with Crippen LogP contribution in [0.1, 0.15) is 25.8 Å². The number of aromatic nitrogens is 1. The molecule has 3 aromatic rings. The molecule has 2 atom stereocenters. The Hall–Kier alpha value is -3.11. The summed E-state index contributed by atoms with van der Waals surface area (Å²) < 4.78 is 5.88. The number of para-hydroxylation sites is 3. The number of aromatic amines is 1. The summed E-state index contributed by atoms with van der Waals surface area (Å²) in [5, 5.41) is 15.2. The van der Waals surface area contributed by atoms with Gasteiger partial charge >= 0.3 is 0 Å². The van der Waals surface area contributed by atoms with E-state index in [-0.39, 0.29) is 48.9 Å². The average Bonchev–Trinajstić information content (AvgIpc) is 3.40. The van der Waals surface area contributed by atoms with Crippen LogP contribution in [-0.4, -0.2) is 58.7 Å². The van der Waals surface area contributed by atoms with Gasteiger partial charge in [0.05, 0.1) is 11.6 Å². The van der Waals surface area contributed by atoms with Crippen LogP contribution in [0.5, 0.6) is 5.75 Å². The molecule has 1 aliphatic heterocycles. The average molecular weight is 519 g/mol. The lowest BCUT2D eigenvalue weighted by Gasteiger charge is -2.28. The second-order valence-electron chi connectivity index (χ2n) is 9.54. The number of primary amides is 1. The molecule has 1 aliphatic rings. The van der Waals surface area contributed by atoms with Gasteiger partial charge in [0, 0.05) is 42.1 Å². The van der Waals surface area contributed by atoms with Crippen molar-refractivity contribution in [2.45, 2.75) is 38.3 Å². The fourth-order valence-corrected chi connectivity index (χ4v) is 4.39. The van der Waals surface area contributed by atoms with Crippen LogP contribution >= 0.6 is 12.4 Å². The van der Waals surface area contributed by atoms with Gasteiger partial charge in [-0.25, -0.2) is 0 Å². The number of fused-ring (bicyclic) bond motifs is 1. The van der Waals surface area contributed by atoms with E-state index in [4.69, 9.17) is 10.5 Å². The van der Waals surface area contributed by atoms with E-state index in [0.29, 0.717) is 18.0 Å². The van der Waals surface area contributed by atoms with Gasteiger partial charge in [0.15, 0.2) is 0 Å². The van der Waals surface area contributed by atoms with Crippen molar-refractivity contribution in [3.05, 3.63) is 60.3 Å². The highest BCUT2D eigenvalue weighted by atomic mass is 35.5. The van der Waals surface area contributed by atoms with E-state index in [1.54, 1.807) is 24.3 Å². The maximum Gasteiger partial charge on any atom is 0.227 e. The van der Waals surface area contributed by atoms with E-state index in [1.807, 2.05) is 18.3 Å². The van der Waals surface area contributed by atoms with Gasteiger partial charge in [-0.2, -0.15) is 0 Å². The Bertz CT molecular complexity index is 1180. The lowest BCUT2D eigenvalue weighted by molar-refractivity contribution is -0.123. The number of aliphatic hydroxyl groups is 1. The number of carbonyl (C=O) groups is 2. The smallest absolute Gasteiger partial charge is 0.227 e. The molecule has 0 saturated carbocycles. The molecule has 2 aromatic carbocycles. The van der Waals surface area contributed by atoms with Crippen LogP contribution in [0.4, 0.5) is 5.69 Å². The summed E-state index contributed by atoms with van der Waals surface area (Å²) in [6, 6.07) is 15.3. The van der Waals surface area contributed by atoms with Gasteiger partial charge in [-0.3, -0.25) is 9.59 Å². The van der Waals surface area contributed by atoms with E-state index < -0.39 is 17.9 Å². The molecule has 2 unspecified atom stereocenters. The third-order valence-electron chi connectivity index (χ3n) is 6.24. The molecule has 7 N–H and O–H groups in total. The van der Waals surface area contributed by atoms with Gasteiger partial charge in [-0.05, 0) is 44.0 Å². The van der Waals surface area contributed by atoms with Crippen LogP contribution in [0.3, 0.4) is 0 Å². The van der Waals surface area contributed by atoms with Crippen LogP contribution in [0, 0.1) is 5.92 Å². The van der Waals surface area contributed by atoms with E-state index in [1.165, 1.54) is 15.8 Å². The number of nitrogens with one attached hydrogen (secondary N) is 2. The molecule has 1 fully saturated rings. The second kappa shape index (κ2) is 12.2. The predicted molar refractivity (Wildman–Crippen MR) is 143 cm³/mol. The molecular formula is C26H35ClN4O5. The van der Waals surface area contributed by atoms with Gasteiger partial charge in [-0.1, -0.05) is 30.3 Å². The molecule has 0 radical (unpaired) electrons. The summed E-state index contributed by atoms with van der Waals surface area (Å²) in [5.41, 5.74) is 8.05. The topological polar surface area (TPSA) is 152 Å². The molecule has 196 valence electrons. The number of carbonyl (C=O) groups excluding carboxylic acids is 2. The number of benzene rings is 2. The number of nitrogens with two attached hydrogens (primary N) is 1. The third kappa shape index (κ3) is 6.76. The second-order valence-corrected chi connectivity index (χ2v) is 9.54. The SMILES string of the molecule is CC(C)(Cc1c[nH]c2ccccc12)NCC(O)COc1ccccc1N1CC(C(N)=O)CC1=O.Cl.O. The number of hydrogen-bond donors (Lipinski definition) is 4. The van der Waals surface area contributed by atoms with Crippen molar-refractivity contribution >= 4 is 40.8 Å². The number of ether oxygens (including phenoxy) is 1. The summed E-state index contributed by atoms with van der Waals surface area (Å²) in [4.78, 5) is 28.7. The molecule has 0 aliphatic carbocycles. The number of hydrogen-bond acceptors (Lipinski definition) is 5. The van der Waals surface area contributed by atoms with Crippen LogP contribution in [0.2, 0.25) is 0 Å². The first kappa shape index (κ1) is 29.1. The molecule has 2 heterocycles. The van der Waals surface area contributed by atoms with Crippen molar-refractivity contribution in [1.82, 2.24) is 10.3 Å². The lowest BCUT2D eigenvalue weighted by atomic mass is 9.94. The van der Waals surface area contributed by atoms with Crippen LogP contribution < -0.4 is 20.7 Å². The first-order valence-corrected chi connectivity index (χ1v) is 11.5. The molecule has 10 heteroatoms. The van der Waals surface area contributed by atoms with Crippen molar-refractivity contribution in [1.29, 1.82) is 0 Å². The van der Waals surface area contributed by atoms with Gasteiger partial charge in [0.25, 0.3) is 0 Å². The quantitative estimate of drug-likeness (QED) is 0.323. The summed E-state index contributed by atoms with van der Waals surface area (Å²) in [6.07, 6.45) is 2.18. The minimum Gasteiger partial charge on any atom is -0.489 e. The van der Waals surface area contributed by atoms with Crippen LogP contribution in [0.15, 0.2) is 54.7 Å². The first-order chi connectivity index (χ1) is 16.2. The van der Waals surface area contributed by atoms with Gasteiger partial charge < -0.3 is 36.3 Å². The Labute approximate surface area is 216 Å². The zero-order valence-corrected chi connectivity index (χ0v) is 21.3. The minimum absolute atomic E-state index is 0. The minimum atomic E-state index is -0.747. The zero-order valence-electron chi connectivity index (χ0n) is 20.5. The third-order valence-corrected chi connectivity index (χ3v) is 6.24. The molecule has 1 aromatic heterocycles. The molecular weight excluding hydrogens is 484 g/mol. The van der Waals surface area contributed by atoms with Gasteiger partial charge in [0.1, 0.15) is 18.5 Å². The number of H-pyrrole nitrogens is 1. The summed E-state index contributed by atoms with van der Waals surface area (Å²) >= 11 is 0. The Morgan fingerprint density at radius 1 is 1.25 bits per heavy atom. The van der Waals surface area contributed by atoms with E-state index in [0.717, 1.165) is 11.9 Å². The van der Waals surface area contributed by atoms with Crippen molar-refractivity contribution < 1.29 is 24.9 Å². The van der Waals surface area contributed by atoms with E-state index >= 15 is 0 Å². The standard InChI is InChI=1S/C26H32N4O4.ClH.H2O/c1-26(2,12-18-13-28-21-8-4-3-7-20(18)21)29-14-19(31)16-34-23-10-6-5-9-22(23)30-15-17(25(27)33)11-24(30)32;;/h3-10,13,17,19,28-29,31H,11-12,14-16H2,1-2H3,(H2,27,33);1H;1H2. The Morgan fingerprint density at radius 3 is 2.67 bits per heavy atom. The fraction of sp³-hybridized carbons (Fsp3) is 0.385. The molecule has 36 heavy (non-hydrogen) atoms. The molecule has 2 amide bonds. The number of anilines is 1. The Balaban J connectivity index is 0.00000228. The number of β-amino-alcohol motifs (C(OH)–C–C–N with tert-alkyl or cyclic N) is 1. The molecule has 0 spiro atoms. The van der Waals surface area contributed by atoms with Crippen molar-refractivity contribution in [3.63, 3.8) is 0 Å². The molecule has 0 bridgehead atoms. The lowest BCUT2D eigenvalue weighted by Crippen LogP contribution is -2.46. The summed E-state index contributed by atoms with van der Waals surface area (Å²) in [5.74, 6) is -0.667. The largest absolute Gasteiger partial charge is 0.489 e. The molecule has 1 saturated heterocycles. The predicted octanol–water partition coefficient (Wildman–Crippen LogP) is 1.95. The highest BCUT2D eigenvalue weighted by molar-refractivity contribution is 6.01. The van der Waals surface area contributed by atoms with E-state index in [9.17, 15) is 14.7 Å². The van der Waals surface area contributed by atoms with E-state index in [2.05, 4.69) is 36.3 Å². The summed E-state index contributed by atoms with van der Waals surface area (Å²) in [6.45, 7) is 4.86. The monoisotopic (exact) mass is 518 g/mol. The molecule has 9 nitrogen and oxygen atoms in total. The van der Waals surface area contributed by atoms with Gasteiger partial charge in [-0.15, -0.1) is 12.4 Å². The Kier molecular flexibility index (Phi) is 9.89. The maximum atomic E-state index is 12.4. The number of aliphatic hydroxyl groups excluding tert-OH is 1. The summed E-state index contributed by atoms with van der Waals surface area (Å²) in [7, 11) is 0. The maximum absolute atomic E-state index is 12.4. The number of amides is 2. The number of halogens is 1. The number of nitrogens with zero attached hydrogens (tertiary/aromatic N) is 1. The Morgan fingerprint density at radius 2 is 1.94 bits per heavy atom. The normalized spacial score (nSPS) is 16.4. The van der Waals surface area contributed by atoms with Crippen molar-refractivity contribution in [2.24, 2.45) is 11.7 Å². The first-order valence-electron chi connectivity index (χ1n) is 11.5. The molecule has 4 rings (SSSR count). The van der Waals surface area contributed by atoms with Crippen molar-refractivity contribution in [3.8, 4) is 5.75 Å².